The van der Waals surface area contributed by atoms with Gasteiger partial charge < -0.3 is 10.6 Å². The first kappa shape index (κ1) is 18.7. The van der Waals surface area contributed by atoms with Crippen molar-refractivity contribution >= 4 is 17.5 Å². The molecule has 0 fully saturated rings. The molecular formula is C20H25N3O2. The fourth-order valence-electron chi connectivity index (χ4n) is 2.44. The van der Waals surface area contributed by atoms with Crippen LogP contribution in [0.2, 0.25) is 0 Å². The summed E-state index contributed by atoms with van der Waals surface area (Å²) in [6.07, 6.45) is 0. The number of amides is 2. The van der Waals surface area contributed by atoms with E-state index in [9.17, 15) is 9.59 Å². The van der Waals surface area contributed by atoms with Gasteiger partial charge in [0.25, 0.3) is 0 Å². The first-order valence-electron chi connectivity index (χ1n) is 8.56. The van der Waals surface area contributed by atoms with Crippen LogP contribution in [0.4, 0.5) is 5.69 Å². The van der Waals surface area contributed by atoms with E-state index < -0.39 is 11.8 Å². The summed E-state index contributed by atoms with van der Waals surface area (Å²) in [5, 5.41) is 5.21. The number of anilines is 1. The summed E-state index contributed by atoms with van der Waals surface area (Å²) in [5.74, 6) is -1.31. The van der Waals surface area contributed by atoms with Gasteiger partial charge >= 0.3 is 11.8 Å². The SMILES string of the molecule is CCN(CC)Cc1ccc(CNC(=O)C(=O)Nc2ccccc2)cc1. The molecule has 132 valence electrons. The molecule has 0 saturated heterocycles. The van der Waals surface area contributed by atoms with Crippen molar-refractivity contribution in [2.45, 2.75) is 26.9 Å². The molecule has 2 aromatic rings. The van der Waals surface area contributed by atoms with Gasteiger partial charge in [-0.25, -0.2) is 0 Å². The maximum Gasteiger partial charge on any atom is 0.313 e. The molecule has 0 aliphatic heterocycles. The predicted octanol–water partition coefficient (Wildman–Crippen LogP) is 2.78. The average Bonchev–Trinajstić information content (AvgIpc) is 2.65. The second-order valence-corrected chi connectivity index (χ2v) is 5.78. The Morgan fingerprint density at radius 1 is 0.840 bits per heavy atom. The summed E-state index contributed by atoms with van der Waals surface area (Å²) in [6.45, 7) is 7.57. The summed E-state index contributed by atoms with van der Waals surface area (Å²) in [7, 11) is 0. The molecule has 5 heteroatoms. The molecule has 25 heavy (non-hydrogen) atoms. The van der Waals surface area contributed by atoms with Crippen molar-refractivity contribution in [1.29, 1.82) is 0 Å². The third-order valence-corrected chi connectivity index (χ3v) is 4.01. The van der Waals surface area contributed by atoms with Crippen molar-refractivity contribution in [3.63, 3.8) is 0 Å². The standard InChI is InChI=1S/C20H25N3O2/c1-3-23(4-2)15-17-12-10-16(11-13-17)14-21-19(24)20(25)22-18-8-6-5-7-9-18/h5-13H,3-4,14-15H2,1-2H3,(H,21,24)(H,22,25). The summed E-state index contributed by atoms with van der Waals surface area (Å²) in [5.41, 5.74) is 2.80. The van der Waals surface area contributed by atoms with Crippen LogP contribution in [0, 0.1) is 0 Å². The molecule has 0 atom stereocenters. The Labute approximate surface area is 149 Å². The van der Waals surface area contributed by atoms with Crippen LogP contribution < -0.4 is 10.6 Å². The van der Waals surface area contributed by atoms with E-state index >= 15 is 0 Å². The Bertz CT molecular complexity index is 680. The molecule has 0 radical (unpaired) electrons. The highest BCUT2D eigenvalue weighted by Gasteiger charge is 2.13. The fraction of sp³-hybridized carbons (Fsp3) is 0.300. The molecule has 0 spiro atoms. The van der Waals surface area contributed by atoms with Crippen LogP contribution in [-0.4, -0.2) is 29.8 Å². The van der Waals surface area contributed by atoms with Crippen LogP contribution in [0.3, 0.4) is 0 Å². The van der Waals surface area contributed by atoms with Crippen LogP contribution in [-0.2, 0) is 22.7 Å². The second-order valence-electron chi connectivity index (χ2n) is 5.78. The number of carbonyl (C=O) groups excluding carboxylic acids is 2. The molecule has 2 rings (SSSR count). The van der Waals surface area contributed by atoms with Crippen molar-refractivity contribution in [1.82, 2.24) is 10.2 Å². The van der Waals surface area contributed by atoms with Crippen molar-refractivity contribution in [2.75, 3.05) is 18.4 Å². The lowest BCUT2D eigenvalue weighted by Gasteiger charge is -2.18. The van der Waals surface area contributed by atoms with Crippen LogP contribution >= 0.6 is 0 Å². The zero-order valence-electron chi connectivity index (χ0n) is 14.8. The van der Waals surface area contributed by atoms with E-state index in [-0.39, 0.29) is 0 Å². The Balaban J connectivity index is 1.82. The Morgan fingerprint density at radius 3 is 2.04 bits per heavy atom. The zero-order chi connectivity index (χ0) is 18.1. The van der Waals surface area contributed by atoms with E-state index in [0.717, 1.165) is 25.2 Å². The predicted molar refractivity (Wildman–Crippen MR) is 100.0 cm³/mol. The largest absolute Gasteiger partial charge is 0.344 e. The quantitative estimate of drug-likeness (QED) is 0.763. The lowest BCUT2D eigenvalue weighted by Crippen LogP contribution is -2.34. The molecule has 0 saturated carbocycles. The topological polar surface area (TPSA) is 61.4 Å². The molecule has 0 heterocycles. The number of hydrogen-bond donors (Lipinski definition) is 2. The lowest BCUT2D eigenvalue weighted by molar-refractivity contribution is -0.136. The summed E-state index contributed by atoms with van der Waals surface area (Å²) in [4.78, 5) is 26.1. The molecule has 0 bridgehead atoms. The lowest BCUT2D eigenvalue weighted by atomic mass is 10.1. The van der Waals surface area contributed by atoms with Crippen LogP contribution in [0.1, 0.15) is 25.0 Å². The highest BCUT2D eigenvalue weighted by molar-refractivity contribution is 6.39. The normalized spacial score (nSPS) is 10.5. The van der Waals surface area contributed by atoms with E-state index in [0.29, 0.717) is 12.2 Å². The number of nitrogens with zero attached hydrogens (tertiary/aromatic N) is 1. The highest BCUT2D eigenvalue weighted by Crippen LogP contribution is 2.08. The van der Waals surface area contributed by atoms with Crippen molar-refractivity contribution < 1.29 is 9.59 Å². The van der Waals surface area contributed by atoms with Crippen LogP contribution in [0.5, 0.6) is 0 Å². The molecule has 0 aliphatic rings. The number of carbonyl (C=O) groups is 2. The first-order chi connectivity index (χ1) is 12.1. The monoisotopic (exact) mass is 339 g/mol. The third-order valence-electron chi connectivity index (χ3n) is 4.01. The zero-order valence-corrected chi connectivity index (χ0v) is 14.8. The summed E-state index contributed by atoms with van der Waals surface area (Å²) >= 11 is 0. The van der Waals surface area contributed by atoms with Gasteiger partial charge in [-0.2, -0.15) is 0 Å². The molecule has 0 aliphatic carbocycles. The van der Waals surface area contributed by atoms with E-state index in [4.69, 9.17) is 0 Å². The molecule has 0 unspecified atom stereocenters. The maximum absolute atomic E-state index is 11.9. The number of benzene rings is 2. The highest BCUT2D eigenvalue weighted by atomic mass is 16.2. The van der Waals surface area contributed by atoms with Crippen molar-refractivity contribution in [3.8, 4) is 0 Å². The molecule has 0 aromatic heterocycles. The van der Waals surface area contributed by atoms with E-state index in [1.54, 1.807) is 24.3 Å². The smallest absolute Gasteiger partial charge is 0.313 e. The van der Waals surface area contributed by atoms with Gasteiger partial charge in [0, 0.05) is 18.8 Å². The van der Waals surface area contributed by atoms with E-state index in [1.165, 1.54) is 5.56 Å². The number of hydrogen-bond acceptors (Lipinski definition) is 3. The van der Waals surface area contributed by atoms with Crippen molar-refractivity contribution in [3.05, 3.63) is 65.7 Å². The minimum absolute atomic E-state index is 0.326. The van der Waals surface area contributed by atoms with E-state index in [2.05, 4.69) is 41.5 Å². The summed E-state index contributed by atoms with van der Waals surface area (Å²) in [6, 6.07) is 17.0. The number of para-hydroxylation sites is 1. The van der Waals surface area contributed by atoms with Gasteiger partial charge in [0.2, 0.25) is 0 Å². The molecule has 2 amide bonds. The number of nitrogens with one attached hydrogen (secondary N) is 2. The third kappa shape index (κ3) is 6.04. The minimum atomic E-state index is -0.663. The first-order valence-corrected chi connectivity index (χ1v) is 8.56. The fourth-order valence-corrected chi connectivity index (χ4v) is 2.44. The Hall–Kier alpha value is -2.66. The average molecular weight is 339 g/mol. The van der Waals surface area contributed by atoms with Gasteiger partial charge in [0.1, 0.15) is 0 Å². The molecule has 2 N–H and O–H groups in total. The minimum Gasteiger partial charge on any atom is -0.344 e. The Morgan fingerprint density at radius 2 is 1.44 bits per heavy atom. The Kier molecular flexibility index (Phi) is 7.16. The van der Waals surface area contributed by atoms with Gasteiger partial charge in [0.15, 0.2) is 0 Å². The van der Waals surface area contributed by atoms with E-state index in [1.807, 2.05) is 18.2 Å². The van der Waals surface area contributed by atoms with Crippen LogP contribution in [0.15, 0.2) is 54.6 Å². The molecule has 2 aromatic carbocycles. The molecular weight excluding hydrogens is 314 g/mol. The van der Waals surface area contributed by atoms with Crippen molar-refractivity contribution in [2.24, 2.45) is 0 Å². The van der Waals surface area contributed by atoms with Gasteiger partial charge in [-0.15, -0.1) is 0 Å². The van der Waals surface area contributed by atoms with Gasteiger partial charge in [0.05, 0.1) is 0 Å². The van der Waals surface area contributed by atoms with Gasteiger partial charge in [-0.1, -0.05) is 56.3 Å². The van der Waals surface area contributed by atoms with Gasteiger partial charge in [-0.05, 0) is 36.3 Å². The second kappa shape index (κ2) is 9.59. The van der Waals surface area contributed by atoms with Crippen LogP contribution in [0.25, 0.3) is 0 Å². The molecule has 5 nitrogen and oxygen atoms in total. The van der Waals surface area contributed by atoms with Gasteiger partial charge in [-0.3, -0.25) is 14.5 Å². The summed E-state index contributed by atoms with van der Waals surface area (Å²) < 4.78 is 0. The maximum atomic E-state index is 11.9. The number of rotatable bonds is 7.